The molecule has 1 aliphatic heterocycles. The van der Waals surface area contributed by atoms with Crippen LogP contribution in [0.3, 0.4) is 0 Å². The van der Waals surface area contributed by atoms with Gasteiger partial charge in [0.15, 0.2) is 11.5 Å². The summed E-state index contributed by atoms with van der Waals surface area (Å²) in [4.78, 5) is 0. The second kappa shape index (κ2) is 5.43. The number of rotatable bonds is 4. The van der Waals surface area contributed by atoms with E-state index in [2.05, 4.69) is 28.2 Å². The summed E-state index contributed by atoms with van der Waals surface area (Å²) in [6.07, 6.45) is 2.36. The van der Waals surface area contributed by atoms with Crippen LogP contribution in [0.5, 0.6) is 11.5 Å². The van der Waals surface area contributed by atoms with Crippen LogP contribution in [0, 0.1) is 0 Å². The molecule has 4 heteroatoms. The molecule has 0 aliphatic carbocycles. The van der Waals surface area contributed by atoms with Crippen molar-refractivity contribution < 1.29 is 9.47 Å². The van der Waals surface area contributed by atoms with E-state index in [-0.39, 0.29) is 0 Å². The first-order valence-electron chi connectivity index (χ1n) is 5.64. The quantitative estimate of drug-likeness (QED) is 0.860. The molecule has 0 saturated heterocycles. The summed E-state index contributed by atoms with van der Waals surface area (Å²) >= 11 is 3.53. The SMILES string of the molecule is CCCCNc1cc2c(cc1Br)OCCO2. The van der Waals surface area contributed by atoms with Gasteiger partial charge >= 0.3 is 0 Å². The summed E-state index contributed by atoms with van der Waals surface area (Å²) in [5, 5.41) is 3.38. The lowest BCUT2D eigenvalue weighted by atomic mass is 10.2. The third-order valence-electron chi connectivity index (χ3n) is 2.48. The third kappa shape index (κ3) is 2.61. The maximum absolute atomic E-state index is 5.54. The maximum Gasteiger partial charge on any atom is 0.163 e. The Bertz CT molecular complexity index is 368. The van der Waals surface area contributed by atoms with Crippen molar-refractivity contribution in [1.82, 2.24) is 0 Å². The highest BCUT2D eigenvalue weighted by Gasteiger charge is 2.14. The van der Waals surface area contributed by atoms with Crippen LogP contribution in [-0.2, 0) is 0 Å². The monoisotopic (exact) mass is 285 g/mol. The minimum Gasteiger partial charge on any atom is -0.486 e. The zero-order valence-electron chi connectivity index (χ0n) is 9.38. The van der Waals surface area contributed by atoms with Crippen molar-refractivity contribution in [3.8, 4) is 11.5 Å². The molecule has 2 rings (SSSR count). The molecule has 1 aromatic carbocycles. The van der Waals surface area contributed by atoms with Gasteiger partial charge in [0, 0.05) is 23.2 Å². The molecule has 0 aromatic heterocycles. The van der Waals surface area contributed by atoms with Crippen LogP contribution in [0.2, 0.25) is 0 Å². The van der Waals surface area contributed by atoms with E-state index in [0.29, 0.717) is 13.2 Å². The largest absolute Gasteiger partial charge is 0.486 e. The molecule has 0 spiro atoms. The van der Waals surface area contributed by atoms with Gasteiger partial charge < -0.3 is 14.8 Å². The van der Waals surface area contributed by atoms with Crippen molar-refractivity contribution in [1.29, 1.82) is 0 Å². The van der Waals surface area contributed by atoms with Gasteiger partial charge in [-0.15, -0.1) is 0 Å². The highest BCUT2D eigenvalue weighted by atomic mass is 79.9. The number of unbranched alkanes of at least 4 members (excludes halogenated alkanes) is 1. The molecule has 0 unspecified atom stereocenters. The second-order valence-corrected chi connectivity index (χ2v) is 4.61. The number of fused-ring (bicyclic) bond motifs is 1. The van der Waals surface area contributed by atoms with E-state index in [1.54, 1.807) is 0 Å². The topological polar surface area (TPSA) is 30.5 Å². The molecule has 0 fully saturated rings. The normalized spacial score (nSPS) is 13.6. The number of hydrogen-bond donors (Lipinski definition) is 1. The van der Waals surface area contributed by atoms with E-state index in [0.717, 1.165) is 28.2 Å². The Labute approximate surface area is 104 Å². The number of halogens is 1. The van der Waals surface area contributed by atoms with Crippen molar-refractivity contribution in [2.24, 2.45) is 0 Å². The minimum atomic E-state index is 0.627. The number of ether oxygens (including phenoxy) is 2. The number of nitrogens with one attached hydrogen (secondary N) is 1. The predicted octanol–water partition coefficient (Wildman–Crippen LogP) is 3.43. The predicted molar refractivity (Wildman–Crippen MR) is 68.5 cm³/mol. The van der Waals surface area contributed by atoms with Crippen LogP contribution < -0.4 is 14.8 Å². The summed E-state index contributed by atoms with van der Waals surface area (Å²) in [6, 6.07) is 3.96. The van der Waals surface area contributed by atoms with Crippen LogP contribution in [-0.4, -0.2) is 19.8 Å². The molecular weight excluding hydrogens is 270 g/mol. The van der Waals surface area contributed by atoms with Crippen LogP contribution in [0.25, 0.3) is 0 Å². The molecule has 1 aromatic rings. The van der Waals surface area contributed by atoms with Crippen molar-refractivity contribution >= 4 is 21.6 Å². The van der Waals surface area contributed by atoms with E-state index < -0.39 is 0 Å². The molecule has 0 saturated carbocycles. The zero-order valence-corrected chi connectivity index (χ0v) is 11.0. The van der Waals surface area contributed by atoms with Crippen molar-refractivity contribution in [3.05, 3.63) is 16.6 Å². The molecule has 3 nitrogen and oxygen atoms in total. The first-order valence-corrected chi connectivity index (χ1v) is 6.43. The van der Waals surface area contributed by atoms with E-state index >= 15 is 0 Å². The summed E-state index contributed by atoms with van der Waals surface area (Å²) in [5.41, 5.74) is 1.07. The highest BCUT2D eigenvalue weighted by molar-refractivity contribution is 9.10. The van der Waals surface area contributed by atoms with Crippen molar-refractivity contribution in [2.75, 3.05) is 25.1 Å². The van der Waals surface area contributed by atoms with E-state index in [1.165, 1.54) is 12.8 Å². The Morgan fingerprint density at radius 1 is 1.25 bits per heavy atom. The summed E-state index contributed by atoms with van der Waals surface area (Å²) < 4.78 is 12.1. The molecule has 0 radical (unpaired) electrons. The van der Waals surface area contributed by atoms with E-state index in [1.807, 2.05) is 12.1 Å². The molecular formula is C12H16BrNO2. The molecule has 0 bridgehead atoms. The Balaban J connectivity index is 2.12. The standard InChI is InChI=1S/C12H16BrNO2/c1-2-3-4-14-10-8-12-11(7-9(10)13)15-5-6-16-12/h7-8,14H,2-6H2,1H3. The molecule has 0 amide bonds. The van der Waals surface area contributed by atoms with Gasteiger partial charge in [0.25, 0.3) is 0 Å². The molecule has 1 heterocycles. The molecule has 88 valence electrons. The van der Waals surface area contributed by atoms with Crippen molar-refractivity contribution in [3.63, 3.8) is 0 Å². The van der Waals surface area contributed by atoms with Crippen LogP contribution in [0.15, 0.2) is 16.6 Å². The lowest BCUT2D eigenvalue weighted by Crippen LogP contribution is -2.15. The van der Waals surface area contributed by atoms with E-state index in [9.17, 15) is 0 Å². The fraction of sp³-hybridized carbons (Fsp3) is 0.500. The third-order valence-corrected chi connectivity index (χ3v) is 3.13. The fourth-order valence-corrected chi connectivity index (χ4v) is 2.06. The first kappa shape index (κ1) is 11.6. The number of anilines is 1. The average Bonchev–Trinajstić information content (AvgIpc) is 2.30. The van der Waals surface area contributed by atoms with Gasteiger partial charge in [0.2, 0.25) is 0 Å². The summed E-state index contributed by atoms with van der Waals surface area (Å²) in [6.45, 7) is 4.42. The summed E-state index contributed by atoms with van der Waals surface area (Å²) in [7, 11) is 0. The Hall–Kier alpha value is -0.900. The summed E-state index contributed by atoms with van der Waals surface area (Å²) in [5.74, 6) is 1.65. The van der Waals surface area contributed by atoms with Gasteiger partial charge in [-0.2, -0.15) is 0 Å². The smallest absolute Gasteiger partial charge is 0.163 e. The van der Waals surface area contributed by atoms with Gasteiger partial charge in [0.05, 0.1) is 5.69 Å². The first-order chi connectivity index (χ1) is 7.81. The molecule has 1 N–H and O–H groups in total. The van der Waals surface area contributed by atoms with Crippen molar-refractivity contribution in [2.45, 2.75) is 19.8 Å². The van der Waals surface area contributed by atoms with Gasteiger partial charge in [-0.05, 0) is 22.4 Å². The van der Waals surface area contributed by atoms with Gasteiger partial charge in [-0.1, -0.05) is 13.3 Å². The Morgan fingerprint density at radius 2 is 1.94 bits per heavy atom. The van der Waals surface area contributed by atoms with Crippen LogP contribution >= 0.6 is 15.9 Å². The number of benzene rings is 1. The molecule has 1 aliphatic rings. The van der Waals surface area contributed by atoms with Gasteiger partial charge in [0.1, 0.15) is 13.2 Å². The lowest BCUT2D eigenvalue weighted by molar-refractivity contribution is 0.171. The van der Waals surface area contributed by atoms with Gasteiger partial charge in [-0.25, -0.2) is 0 Å². The highest BCUT2D eigenvalue weighted by Crippen LogP contribution is 2.38. The van der Waals surface area contributed by atoms with Crippen LogP contribution in [0.1, 0.15) is 19.8 Å². The molecule has 16 heavy (non-hydrogen) atoms. The molecule has 0 atom stereocenters. The van der Waals surface area contributed by atoms with Crippen LogP contribution in [0.4, 0.5) is 5.69 Å². The zero-order chi connectivity index (χ0) is 11.4. The average molecular weight is 286 g/mol. The number of hydrogen-bond acceptors (Lipinski definition) is 3. The lowest BCUT2D eigenvalue weighted by Gasteiger charge is -2.20. The Kier molecular flexibility index (Phi) is 3.93. The van der Waals surface area contributed by atoms with Gasteiger partial charge in [-0.3, -0.25) is 0 Å². The second-order valence-electron chi connectivity index (χ2n) is 3.76. The maximum atomic E-state index is 5.54. The minimum absolute atomic E-state index is 0.627. The fourth-order valence-electron chi connectivity index (χ4n) is 1.60. The Morgan fingerprint density at radius 3 is 2.62 bits per heavy atom. The van der Waals surface area contributed by atoms with E-state index in [4.69, 9.17) is 9.47 Å².